The number of nitrogens with one attached hydrogen (secondary N) is 1. The number of benzene rings is 3. The number of carbonyl (C=O) groups excluding carboxylic acids is 3. The molecule has 10 heteroatoms. The lowest BCUT2D eigenvalue weighted by atomic mass is 10.0. The molecule has 1 aliphatic rings. The van der Waals surface area contributed by atoms with E-state index in [0.717, 1.165) is 18.4 Å². The molecule has 0 saturated heterocycles. The highest BCUT2D eigenvalue weighted by molar-refractivity contribution is 7.90. The molecule has 204 valence electrons. The summed E-state index contributed by atoms with van der Waals surface area (Å²) in [7, 11) is -4.27. The van der Waals surface area contributed by atoms with E-state index in [9.17, 15) is 27.2 Å². The predicted molar refractivity (Wildman–Crippen MR) is 143 cm³/mol. The van der Waals surface area contributed by atoms with Gasteiger partial charge in [0.1, 0.15) is 23.3 Å². The zero-order valence-corrected chi connectivity index (χ0v) is 22.4. The molecule has 39 heavy (non-hydrogen) atoms. The molecule has 0 saturated carbocycles. The second-order valence-corrected chi connectivity index (χ2v) is 11.1. The highest BCUT2D eigenvalue weighted by atomic mass is 32.2. The Labute approximate surface area is 227 Å². The van der Waals surface area contributed by atoms with Gasteiger partial charge in [0, 0.05) is 25.1 Å². The average molecular weight is 552 g/mol. The molecule has 0 aliphatic carbocycles. The standard InChI is InChI=1S/C29H30FN3O5S/c1-2-3-17-31-28(35)25(18-21-11-5-4-6-12-21)32(19-22-13-7-9-15-24(22)30)27(34)20-33-29(36)23-14-8-10-16-26(23)39(33,37)38/h4-16,25H,2-3,17-20H2,1H3,(H,31,35)/t25-/m1/s1. The fraction of sp³-hybridized carbons (Fsp3) is 0.276. The molecule has 1 atom stereocenters. The molecule has 1 N–H and O–H groups in total. The van der Waals surface area contributed by atoms with Gasteiger partial charge in [-0.1, -0.05) is 74.0 Å². The second-order valence-electron chi connectivity index (χ2n) is 9.28. The Kier molecular flexibility index (Phi) is 8.75. The molecule has 0 aromatic heterocycles. The smallest absolute Gasteiger partial charge is 0.269 e. The zero-order chi connectivity index (χ0) is 28.0. The lowest BCUT2D eigenvalue weighted by Crippen LogP contribution is -2.53. The lowest BCUT2D eigenvalue weighted by molar-refractivity contribution is -0.141. The summed E-state index contributed by atoms with van der Waals surface area (Å²) in [5.74, 6) is -2.64. The maximum Gasteiger partial charge on any atom is 0.269 e. The molecule has 1 aliphatic heterocycles. The van der Waals surface area contributed by atoms with Gasteiger partial charge in [0.2, 0.25) is 11.8 Å². The number of halogens is 1. The van der Waals surface area contributed by atoms with Crippen molar-refractivity contribution >= 4 is 27.7 Å². The van der Waals surface area contributed by atoms with E-state index in [1.807, 2.05) is 25.1 Å². The molecule has 0 fully saturated rings. The summed E-state index contributed by atoms with van der Waals surface area (Å²) in [5, 5.41) is 2.85. The van der Waals surface area contributed by atoms with Gasteiger partial charge in [-0.15, -0.1) is 0 Å². The number of hydrogen-bond donors (Lipinski definition) is 1. The summed E-state index contributed by atoms with van der Waals surface area (Å²) >= 11 is 0. The van der Waals surface area contributed by atoms with E-state index in [1.165, 1.54) is 41.3 Å². The van der Waals surface area contributed by atoms with Crippen molar-refractivity contribution in [1.82, 2.24) is 14.5 Å². The summed E-state index contributed by atoms with van der Waals surface area (Å²) in [6.07, 6.45) is 1.68. The molecule has 0 unspecified atom stereocenters. The fourth-order valence-electron chi connectivity index (χ4n) is 4.47. The lowest BCUT2D eigenvalue weighted by Gasteiger charge is -2.32. The van der Waals surface area contributed by atoms with Crippen LogP contribution in [0.2, 0.25) is 0 Å². The van der Waals surface area contributed by atoms with Crippen molar-refractivity contribution in [2.75, 3.05) is 13.1 Å². The molecule has 3 amide bonds. The number of unbranched alkanes of at least 4 members (excludes halogenated alkanes) is 1. The monoisotopic (exact) mass is 551 g/mol. The third-order valence-electron chi connectivity index (χ3n) is 6.59. The van der Waals surface area contributed by atoms with Gasteiger partial charge >= 0.3 is 0 Å². The van der Waals surface area contributed by atoms with Gasteiger partial charge in [0.05, 0.1) is 5.56 Å². The fourth-order valence-corrected chi connectivity index (χ4v) is 5.99. The van der Waals surface area contributed by atoms with Gasteiger partial charge in [0.15, 0.2) is 0 Å². The summed E-state index contributed by atoms with van der Waals surface area (Å²) in [6.45, 7) is 1.25. The Hall–Kier alpha value is -4.05. The summed E-state index contributed by atoms with van der Waals surface area (Å²) in [4.78, 5) is 41.3. The van der Waals surface area contributed by atoms with Crippen LogP contribution < -0.4 is 5.32 Å². The van der Waals surface area contributed by atoms with Gasteiger partial charge in [-0.25, -0.2) is 17.1 Å². The Balaban J connectivity index is 1.70. The average Bonchev–Trinajstić information content (AvgIpc) is 3.12. The third kappa shape index (κ3) is 6.17. The van der Waals surface area contributed by atoms with Gasteiger partial charge in [0.25, 0.3) is 15.9 Å². The predicted octanol–water partition coefficient (Wildman–Crippen LogP) is 3.53. The van der Waals surface area contributed by atoms with Crippen molar-refractivity contribution in [1.29, 1.82) is 0 Å². The normalized spacial score (nSPS) is 14.5. The van der Waals surface area contributed by atoms with Crippen LogP contribution >= 0.6 is 0 Å². The SMILES string of the molecule is CCCCNC(=O)[C@@H](Cc1ccccc1)N(Cc1ccccc1F)C(=O)CN1C(=O)c2ccccc2S1(=O)=O. The van der Waals surface area contributed by atoms with E-state index in [2.05, 4.69) is 5.32 Å². The van der Waals surface area contributed by atoms with Crippen LogP contribution in [0.3, 0.4) is 0 Å². The number of nitrogens with zero attached hydrogens (tertiary/aromatic N) is 2. The summed E-state index contributed by atoms with van der Waals surface area (Å²) in [6, 6.07) is 19.6. The molecule has 0 spiro atoms. The van der Waals surface area contributed by atoms with E-state index >= 15 is 0 Å². The van der Waals surface area contributed by atoms with Gasteiger partial charge in [-0.05, 0) is 30.2 Å². The maximum absolute atomic E-state index is 14.7. The Morgan fingerprint density at radius 3 is 2.33 bits per heavy atom. The van der Waals surface area contributed by atoms with Crippen LogP contribution in [0.15, 0.2) is 83.8 Å². The molecule has 0 bridgehead atoms. The van der Waals surface area contributed by atoms with Crippen molar-refractivity contribution in [2.24, 2.45) is 0 Å². The quantitative estimate of drug-likeness (QED) is 0.367. The minimum atomic E-state index is -4.27. The van der Waals surface area contributed by atoms with Crippen LogP contribution in [0, 0.1) is 5.82 Å². The number of carbonyl (C=O) groups is 3. The van der Waals surface area contributed by atoms with Crippen molar-refractivity contribution in [3.8, 4) is 0 Å². The first-order valence-electron chi connectivity index (χ1n) is 12.7. The molecule has 3 aromatic carbocycles. The first-order chi connectivity index (χ1) is 18.7. The number of fused-ring (bicyclic) bond motifs is 1. The molecule has 3 aromatic rings. The first-order valence-corrected chi connectivity index (χ1v) is 14.2. The van der Waals surface area contributed by atoms with Crippen LogP contribution in [0.4, 0.5) is 4.39 Å². The molecular formula is C29H30FN3O5S. The highest BCUT2D eigenvalue weighted by Gasteiger charge is 2.43. The second kappa shape index (κ2) is 12.2. The Morgan fingerprint density at radius 1 is 0.974 bits per heavy atom. The number of rotatable bonds is 11. The zero-order valence-electron chi connectivity index (χ0n) is 21.5. The van der Waals surface area contributed by atoms with E-state index < -0.39 is 46.1 Å². The van der Waals surface area contributed by atoms with Crippen LogP contribution in [0.1, 0.15) is 41.3 Å². The van der Waals surface area contributed by atoms with E-state index in [-0.39, 0.29) is 29.0 Å². The van der Waals surface area contributed by atoms with Crippen molar-refractivity contribution in [3.63, 3.8) is 0 Å². The molecule has 4 rings (SSSR count). The topological polar surface area (TPSA) is 104 Å². The van der Waals surface area contributed by atoms with E-state index in [1.54, 1.807) is 24.3 Å². The van der Waals surface area contributed by atoms with Crippen LogP contribution in [-0.2, 0) is 32.6 Å². The number of hydrogen-bond acceptors (Lipinski definition) is 5. The van der Waals surface area contributed by atoms with Crippen LogP contribution in [0.5, 0.6) is 0 Å². The first kappa shape index (κ1) is 28.0. The van der Waals surface area contributed by atoms with Gasteiger partial charge in [-0.3, -0.25) is 14.4 Å². The van der Waals surface area contributed by atoms with Gasteiger partial charge in [-0.2, -0.15) is 0 Å². The summed E-state index contributed by atoms with van der Waals surface area (Å²) in [5.41, 5.74) is 0.894. The van der Waals surface area contributed by atoms with E-state index in [0.29, 0.717) is 10.8 Å². The van der Waals surface area contributed by atoms with Crippen LogP contribution in [-0.4, -0.2) is 54.5 Å². The minimum absolute atomic E-state index is 0.0240. The summed E-state index contributed by atoms with van der Waals surface area (Å²) < 4.78 is 41.5. The highest BCUT2D eigenvalue weighted by Crippen LogP contribution is 2.30. The van der Waals surface area contributed by atoms with Crippen molar-refractivity contribution in [3.05, 3.63) is 101 Å². The minimum Gasteiger partial charge on any atom is -0.354 e. The molecular weight excluding hydrogens is 521 g/mol. The molecule has 0 radical (unpaired) electrons. The Morgan fingerprint density at radius 2 is 1.64 bits per heavy atom. The van der Waals surface area contributed by atoms with E-state index in [4.69, 9.17) is 0 Å². The Bertz CT molecular complexity index is 1460. The maximum atomic E-state index is 14.7. The van der Waals surface area contributed by atoms with Crippen LogP contribution in [0.25, 0.3) is 0 Å². The largest absolute Gasteiger partial charge is 0.354 e. The number of amides is 3. The van der Waals surface area contributed by atoms with Gasteiger partial charge < -0.3 is 10.2 Å². The third-order valence-corrected chi connectivity index (χ3v) is 8.38. The van der Waals surface area contributed by atoms with Crippen molar-refractivity contribution < 1.29 is 27.2 Å². The molecule has 1 heterocycles. The number of sulfonamides is 1. The molecule has 8 nitrogen and oxygen atoms in total. The van der Waals surface area contributed by atoms with Crippen molar-refractivity contribution in [2.45, 2.75) is 43.7 Å².